The highest BCUT2D eigenvalue weighted by Crippen LogP contribution is 2.39. The maximum absolute atomic E-state index is 13.4. The van der Waals surface area contributed by atoms with Gasteiger partial charge in [-0.05, 0) is 82.3 Å². The zero-order chi connectivity index (χ0) is 27.7. The second-order valence-electron chi connectivity index (χ2n) is 10.2. The van der Waals surface area contributed by atoms with Gasteiger partial charge in [0.2, 0.25) is 5.91 Å². The van der Waals surface area contributed by atoms with Crippen molar-refractivity contribution >= 4 is 38.1 Å². The van der Waals surface area contributed by atoms with Gasteiger partial charge in [-0.15, -0.1) is 0 Å². The Bertz CT molecular complexity index is 1430. The van der Waals surface area contributed by atoms with Gasteiger partial charge in [-0.2, -0.15) is 0 Å². The maximum atomic E-state index is 13.4. The van der Waals surface area contributed by atoms with Crippen LogP contribution in [0, 0.1) is 19.8 Å². The highest BCUT2D eigenvalue weighted by molar-refractivity contribution is 7.92. The Morgan fingerprint density at radius 1 is 1.16 bits per heavy atom. The number of hydrogen-bond donors (Lipinski definition) is 2. The molecule has 1 saturated heterocycles. The van der Waals surface area contributed by atoms with E-state index in [0.717, 1.165) is 47.2 Å². The van der Waals surface area contributed by atoms with Gasteiger partial charge in [0.05, 0.1) is 29.1 Å². The van der Waals surface area contributed by atoms with Crippen molar-refractivity contribution in [3.05, 3.63) is 47.9 Å². The highest BCUT2D eigenvalue weighted by atomic mass is 32.2. The minimum atomic E-state index is -3.94. The topological polar surface area (TPSA) is 114 Å². The number of anilines is 2. The molecule has 9 nitrogen and oxygen atoms in total. The Kier molecular flexibility index (Phi) is 7.98. The molecule has 11 heteroatoms. The number of benzene rings is 1. The van der Waals surface area contributed by atoms with Crippen molar-refractivity contribution in [1.29, 1.82) is 0 Å². The zero-order valence-electron chi connectivity index (χ0n) is 22.7. The lowest BCUT2D eigenvalue weighted by Crippen LogP contribution is -2.47. The van der Waals surface area contributed by atoms with Gasteiger partial charge < -0.3 is 15.0 Å². The predicted molar refractivity (Wildman–Crippen MR) is 151 cm³/mol. The van der Waals surface area contributed by atoms with Gasteiger partial charge in [-0.25, -0.2) is 13.4 Å². The minimum Gasteiger partial charge on any atom is -0.495 e. The normalized spacial score (nSPS) is 14.8. The molecule has 4 rings (SSSR count). The lowest BCUT2D eigenvalue weighted by atomic mass is 9.80. The van der Waals surface area contributed by atoms with Gasteiger partial charge >= 0.3 is 0 Å². The molecule has 0 atom stereocenters. The molecule has 1 aliphatic rings. The summed E-state index contributed by atoms with van der Waals surface area (Å²) in [5.41, 5.74) is 2.32. The summed E-state index contributed by atoms with van der Waals surface area (Å²) < 4.78 is 34.8. The molecule has 3 aromatic rings. The molecule has 0 radical (unpaired) electrons. The monoisotopic (exact) mass is 557 g/mol. The number of piperidine rings is 1. The summed E-state index contributed by atoms with van der Waals surface area (Å²) in [5.74, 6) is 0.771. The van der Waals surface area contributed by atoms with Crippen LogP contribution in [0.4, 0.5) is 10.8 Å². The first kappa shape index (κ1) is 27.8. The number of likely N-dealkylation sites (tertiary alicyclic amines) is 1. The van der Waals surface area contributed by atoms with Gasteiger partial charge in [-0.1, -0.05) is 11.3 Å². The summed E-state index contributed by atoms with van der Waals surface area (Å²) >= 11 is 1.50. The van der Waals surface area contributed by atoms with E-state index in [0.29, 0.717) is 17.3 Å². The average Bonchev–Trinajstić information content (AvgIpc) is 3.24. The number of carbonyl (C=O) groups is 1. The van der Waals surface area contributed by atoms with Crippen molar-refractivity contribution in [2.45, 2.75) is 57.9 Å². The Labute approximate surface area is 228 Å². The lowest BCUT2D eigenvalue weighted by Gasteiger charge is -2.41. The molecular weight excluding hydrogens is 522 g/mol. The van der Waals surface area contributed by atoms with Crippen molar-refractivity contribution in [3.8, 4) is 16.2 Å². The summed E-state index contributed by atoms with van der Waals surface area (Å²) in [4.78, 5) is 23.5. The Morgan fingerprint density at radius 2 is 1.87 bits per heavy atom. The van der Waals surface area contributed by atoms with Gasteiger partial charge in [0.1, 0.15) is 10.6 Å². The van der Waals surface area contributed by atoms with E-state index in [-0.39, 0.29) is 22.1 Å². The van der Waals surface area contributed by atoms with Crippen LogP contribution in [-0.2, 0) is 14.8 Å². The van der Waals surface area contributed by atoms with Gasteiger partial charge in [0.25, 0.3) is 10.0 Å². The smallest absolute Gasteiger partial charge is 0.265 e. The number of aryl methyl sites for hydroxylation is 2. The van der Waals surface area contributed by atoms with Crippen molar-refractivity contribution < 1.29 is 17.9 Å². The van der Waals surface area contributed by atoms with Crippen LogP contribution < -0.4 is 14.8 Å². The number of carbonyl (C=O) groups excluding carboxylic acids is 1. The molecule has 1 aromatic carbocycles. The van der Waals surface area contributed by atoms with Gasteiger partial charge in [0.15, 0.2) is 5.13 Å². The molecule has 2 aromatic heterocycles. The number of nitrogens with one attached hydrogen (secondary N) is 2. The molecule has 204 valence electrons. The standard InChI is InChI=1S/C27H35N5O4S2/c1-17-22(8-7-13-28-17)31-38(34,35)24-16-20(9-10-23(24)36-6)25-18(2)29-26(37-25)30-27(4,5)21-11-14-32(15-12-21)19(3)33/h7-10,13,16,21,31H,11-12,14-15H2,1-6H3,(H,29,30). The molecule has 0 bridgehead atoms. The van der Waals surface area contributed by atoms with Crippen molar-refractivity contribution in [2.24, 2.45) is 5.92 Å². The number of aromatic nitrogens is 2. The van der Waals surface area contributed by atoms with Gasteiger partial charge in [-0.3, -0.25) is 14.5 Å². The van der Waals surface area contributed by atoms with E-state index >= 15 is 0 Å². The van der Waals surface area contributed by atoms with E-state index in [4.69, 9.17) is 9.72 Å². The average molecular weight is 558 g/mol. The summed E-state index contributed by atoms with van der Waals surface area (Å²) in [5, 5.41) is 4.39. The van der Waals surface area contributed by atoms with E-state index in [2.05, 4.69) is 28.9 Å². The van der Waals surface area contributed by atoms with Crippen LogP contribution in [-0.4, -0.2) is 54.9 Å². The summed E-state index contributed by atoms with van der Waals surface area (Å²) in [6.45, 7) is 11.2. The fourth-order valence-corrected chi connectivity index (χ4v) is 7.27. The number of sulfonamides is 1. The number of ether oxygens (including phenoxy) is 1. The van der Waals surface area contributed by atoms with Crippen molar-refractivity contribution in [1.82, 2.24) is 14.9 Å². The summed E-state index contributed by atoms with van der Waals surface area (Å²) in [6, 6.07) is 8.49. The van der Waals surface area contributed by atoms with Crippen LogP contribution in [0.3, 0.4) is 0 Å². The van der Waals surface area contributed by atoms with E-state index in [1.807, 2.05) is 17.9 Å². The first-order valence-electron chi connectivity index (χ1n) is 12.5. The molecule has 0 spiro atoms. The Morgan fingerprint density at radius 3 is 2.50 bits per heavy atom. The molecule has 38 heavy (non-hydrogen) atoms. The quantitative estimate of drug-likeness (QED) is 0.397. The SMILES string of the molecule is COc1ccc(-c2sc(NC(C)(C)C3CCN(C(C)=O)CC3)nc2C)cc1S(=O)(=O)Nc1cccnc1C. The molecule has 0 saturated carbocycles. The van der Waals surface area contributed by atoms with E-state index in [1.165, 1.54) is 18.4 Å². The molecule has 0 aliphatic carbocycles. The number of nitrogens with zero attached hydrogens (tertiary/aromatic N) is 3. The molecule has 0 unspecified atom stereocenters. The molecular formula is C27H35N5O4S2. The number of pyridine rings is 1. The first-order valence-corrected chi connectivity index (χ1v) is 14.8. The number of amides is 1. The second-order valence-corrected chi connectivity index (χ2v) is 12.8. The Hall–Kier alpha value is -3.18. The summed E-state index contributed by atoms with van der Waals surface area (Å²) in [7, 11) is -2.49. The first-order chi connectivity index (χ1) is 17.9. The zero-order valence-corrected chi connectivity index (χ0v) is 24.3. The van der Waals surface area contributed by atoms with Crippen LogP contribution in [0.2, 0.25) is 0 Å². The van der Waals surface area contributed by atoms with Crippen molar-refractivity contribution in [2.75, 3.05) is 30.2 Å². The van der Waals surface area contributed by atoms with Gasteiger partial charge in [0, 0.05) is 31.7 Å². The predicted octanol–water partition coefficient (Wildman–Crippen LogP) is 5.08. The number of rotatable bonds is 8. The summed E-state index contributed by atoms with van der Waals surface area (Å²) in [6.07, 6.45) is 3.47. The van der Waals surface area contributed by atoms with Crippen LogP contribution in [0.25, 0.3) is 10.4 Å². The minimum absolute atomic E-state index is 0.0422. The highest BCUT2D eigenvalue weighted by Gasteiger charge is 2.34. The number of hydrogen-bond acceptors (Lipinski definition) is 8. The fraction of sp³-hybridized carbons (Fsp3) is 0.444. The second kappa shape index (κ2) is 10.9. The fourth-order valence-electron chi connectivity index (χ4n) is 4.83. The molecule has 1 fully saturated rings. The van der Waals surface area contributed by atoms with Crippen LogP contribution >= 0.6 is 11.3 Å². The molecule has 1 amide bonds. The molecule has 3 heterocycles. The largest absolute Gasteiger partial charge is 0.495 e. The number of thiazole rings is 1. The molecule has 2 N–H and O–H groups in total. The molecule has 1 aliphatic heterocycles. The van der Waals surface area contributed by atoms with Crippen LogP contribution in [0.1, 0.15) is 45.0 Å². The number of methoxy groups -OCH3 is 1. The Balaban J connectivity index is 1.59. The third-order valence-corrected chi connectivity index (χ3v) is 9.66. The third-order valence-electron chi connectivity index (χ3n) is 7.15. The van der Waals surface area contributed by atoms with Crippen LogP contribution in [0.15, 0.2) is 41.4 Å². The lowest BCUT2D eigenvalue weighted by molar-refractivity contribution is -0.130. The van der Waals surface area contributed by atoms with E-state index in [1.54, 1.807) is 44.3 Å². The van der Waals surface area contributed by atoms with Crippen molar-refractivity contribution in [3.63, 3.8) is 0 Å². The van der Waals surface area contributed by atoms with Crippen LogP contribution in [0.5, 0.6) is 5.75 Å². The maximum Gasteiger partial charge on any atom is 0.265 e. The third kappa shape index (κ3) is 5.94. The van der Waals surface area contributed by atoms with E-state index in [9.17, 15) is 13.2 Å². The van der Waals surface area contributed by atoms with E-state index < -0.39 is 10.0 Å².